The van der Waals surface area contributed by atoms with Gasteiger partial charge in [0.25, 0.3) is 0 Å². The second-order valence-electron chi connectivity index (χ2n) is 8.54. The SMILES string of the molecule is CCNC(=NCC1(c2cccc(F)c2)CCOCC1)N(C)Cc1ncc(-c2ccccc2)[nH]1. The lowest BCUT2D eigenvalue weighted by atomic mass is 9.74. The Bertz CT molecular complexity index is 1060. The minimum atomic E-state index is -0.229. The number of H-pyrrole nitrogens is 1. The van der Waals surface area contributed by atoms with Crippen molar-refractivity contribution >= 4 is 5.96 Å². The maximum absolute atomic E-state index is 14.0. The van der Waals surface area contributed by atoms with Crippen molar-refractivity contribution in [2.75, 3.05) is 33.4 Å². The molecule has 33 heavy (non-hydrogen) atoms. The lowest BCUT2D eigenvalue weighted by molar-refractivity contribution is 0.0529. The summed E-state index contributed by atoms with van der Waals surface area (Å²) < 4.78 is 19.6. The van der Waals surface area contributed by atoms with E-state index >= 15 is 0 Å². The third-order valence-electron chi connectivity index (χ3n) is 6.22. The first-order chi connectivity index (χ1) is 16.1. The van der Waals surface area contributed by atoms with Crippen LogP contribution in [0.3, 0.4) is 0 Å². The predicted octanol–water partition coefficient (Wildman–Crippen LogP) is 4.36. The number of halogens is 1. The number of aliphatic imine (C=N–C) groups is 1. The Morgan fingerprint density at radius 3 is 2.70 bits per heavy atom. The lowest BCUT2D eigenvalue weighted by Crippen LogP contribution is -2.42. The number of nitrogens with one attached hydrogen (secondary N) is 2. The Balaban J connectivity index is 1.52. The van der Waals surface area contributed by atoms with Crippen molar-refractivity contribution in [1.82, 2.24) is 20.2 Å². The van der Waals surface area contributed by atoms with Gasteiger partial charge in [-0.3, -0.25) is 4.99 Å². The number of guanidine groups is 1. The summed E-state index contributed by atoms with van der Waals surface area (Å²) in [5, 5.41) is 3.39. The van der Waals surface area contributed by atoms with Crippen LogP contribution >= 0.6 is 0 Å². The fraction of sp³-hybridized carbons (Fsp3) is 0.385. The molecule has 0 radical (unpaired) electrons. The number of ether oxygens (including phenoxy) is 1. The van der Waals surface area contributed by atoms with Gasteiger partial charge in [0.2, 0.25) is 0 Å². The zero-order valence-electron chi connectivity index (χ0n) is 19.4. The van der Waals surface area contributed by atoms with Crippen molar-refractivity contribution in [3.63, 3.8) is 0 Å². The molecule has 0 aliphatic carbocycles. The highest BCUT2D eigenvalue weighted by Gasteiger charge is 2.35. The van der Waals surface area contributed by atoms with Crippen LogP contribution in [0.15, 0.2) is 65.8 Å². The second kappa shape index (κ2) is 10.6. The van der Waals surface area contributed by atoms with E-state index in [1.807, 2.05) is 37.5 Å². The minimum absolute atomic E-state index is 0.210. The molecule has 1 aromatic heterocycles. The van der Waals surface area contributed by atoms with E-state index in [1.165, 1.54) is 6.07 Å². The molecule has 174 valence electrons. The van der Waals surface area contributed by atoms with Crippen LogP contribution in [0.1, 0.15) is 31.2 Å². The number of aromatic nitrogens is 2. The van der Waals surface area contributed by atoms with Gasteiger partial charge >= 0.3 is 0 Å². The van der Waals surface area contributed by atoms with E-state index in [0.717, 1.165) is 48.0 Å². The molecule has 0 saturated carbocycles. The van der Waals surface area contributed by atoms with Gasteiger partial charge in [-0.2, -0.15) is 0 Å². The first-order valence-corrected chi connectivity index (χ1v) is 11.5. The molecule has 3 aromatic rings. The van der Waals surface area contributed by atoms with Gasteiger partial charge in [0.05, 0.1) is 25.0 Å². The largest absolute Gasteiger partial charge is 0.381 e. The number of rotatable bonds is 7. The number of imidazole rings is 1. The molecule has 1 aliphatic rings. The standard InChI is InChI=1S/C26H32FN5O/c1-3-28-25(32(2)18-24-29-17-23(31-24)20-8-5-4-6-9-20)30-19-26(12-14-33-15-13-26)21-10-7-11-22(27)16-21/h4-11,16-17H,3,12-15,18-19H2,1-2H3,(H,28,30)(H,29,31). The minimum Gasteiger partial charge on any atom is -0.381 e. The zero-order valence-corrected chi connectivity index (χ0v) is 19.4. The van der Waals surface area contributed by atoms with Gasteiger partial charge in [0.1, 0.15) is 11.6 Å². The average Bonchev–Trinajstić information content (AvgIpc) is 3.31. The maximum atomic E-state index is 14.0. The van der Waals surface area contributed by atoms with Crippen molar-refractivity contribution in [3.05, 3.63) is 78.0 Å². The summed E-state index contributed by atoms with van der Waals surface area (Å²) in [6.45, 7) is 5.29. The molecule has 1 saturated heterocycles. The fourth-order valence-corrected chi connectivity index (χ4v) is 4.32. The Morgan fingerprint density at radius 1 is 1.18 bits per heavy atom. The molecule has 2 aromatic carbocycles. The van der Waals surface area contributed by atoms with E-state index in [4.69, 9.17) is 9.73 Å². The number of benzene rings is 2. The molecule has 4 rings (SSSR count). The first kappa shape index (κ1) is 23.0. The van der Waals surface area contributed by atoms with Gasteiger partial charge in [-0.15, -0.1) is 0 Å². The molecule has 1 aliphatic heterocycles. The number of hydrogen-bond acceptors (Lipinski definition) is 3. The van der Waals surface area contributed by atoms with Crippen LogP contribution in [-0.4, -0.2) is 54.2 Å². The summed E-state index contributed by atoms with van der Waals surface area (Å²) in [6.07, 6.45) is 3.51. The molecule has 7 heteroatoms. The monoisotopic (exact) mass is 449 g/mol. The summed E-state index contributed by atoms with van der Waals surface area (Å²) in [4.78, 5) is 15.0. The number of nitrogens with zero attached hydrogens (tertiary/aromatic N) is 3. The smallest absolute Gasteiger partial charge is 0.194 e. The molecule has 0 amide bonds. The molecule has 2 N–H and O–H groups in total. The van der Waals surface area contributed by atoms with Gasteiger partial charge in [0.15, 0.2) is 5.96 Å². The van der Waals surface area contributed by atoms with Crippen molar-refractivity contribution < 1.29 is 9.13 Å². The summed E-state index contributed by atoms with van der Waals surface area (Å²) in [5.41, 5.74) is 2.86. The van der Waals surface area contributed by atoms with Crippen LogP contribution in [0.5, 0.6) is 0 Å². The highest BCUT2D eigenvalue weighted by atomic mass is 19.1. The van der Waals surface area contributed by atoms with Crippen LogP contribution in [0, 0.1) is 5.82 Å². The topological polar surface area (TPSA) is 65.5 Å². The number of aromatic amines is 1. The highest BCUT2D eigenvalue weighted by Crippen LogP contribution is 2.35. The van der Waals surface area contributed by atoms with Crippen molar-refractivity contribution in [1.29, 1.82) is 0 Å². The third kappa shape index (κ3) is 5.60. The maximum Gasteiger partial charge on any atom is 0.194 e. The van der Waals surface area contributed by atoms with Crippen molar-refractivity contribution in [2.24, 2.45) is 4.99 Å². The Hall–Kier alpha value is -3.19. The molecule has 0 spiro atoms. The Kier molecular flexibility index (Phi) is 7.40. The highest BCUT2D eigenvalue weighted by molar-refractivity contribution is 5.79. The van der Waals surface area contributed by atoms with E-state index in [0.29, 0.717) is 26.3 Å². The summed E-state index contributed by atoms with van der Waals surface area (Å²) in [7, 11) is 2.01. The van der Waals surface area contributed by atoms with E-state index in [1.54, 1.807) is 12.1 Å². The van der Waals surface area contributed by atoms with Crippen LogP contribution < -0.4 is 5.32 Å². The van der Waals surface area contributed by atoms with E-state index in [-0.39, 0.29) is 11.2 Å². The fourth-order valence-electron chi connectivity index (χ4n) is 4.32. The van der Waals surface area contributed by atoms with Gasteiger partial charge in [0, 0.05) is 32.2 Å². The molecule has 0 bridgehead atoms. The molecule has 1 fully saturated rings. The average molecular weight is 450 g/mol. The van der Waals surface area contributed by atoms with Crippen LogP contribution in [0.2, 0.25) is 0 Å². The van der Waals surface area contributed by atoms with E-state index in [2.05, 4.69) is 39.2 Å². The second-order valence-corrected chi connectivity index (χ2v) is 8.54. The summed E-state index contributed by atoms with van der Waals surface area (Å²) in [6, 6.07) is 17.1. The number of hydrogen-bond donors (Lipinski definition) is 2. The zero-order chi connectivity index (χ0) is 23.1. The van der Waals surface area contributed by atoms with Crippen LogP contribution in [0.4, 0.5) is 4.39 Å². The molecule has 0 unspecified atom stereocenters. The molecular weight excluding hydrogens is 417 g/mol. The van der Waals surface area contributed by atoms with Gasteiger partial charge in [-0.05, 0) is 43.0 Å². The lowest BCUT2D eigenvalue weighted by Gasteiger charge is -2.37. The Morgan fingerprint density at radius 2 is 1.97 bits per heavy atom. The van der Waals surface area contributed by atoms with E-state index < -0.39 is 0 Å². The van der Waals surface area contributed by atoms with Crippen molar-refractivity contribution in [2.45, 2.75) is 31.7 Å². The molecule has 0 atom stereocenters. The quantitative estimate of drug-likeness (QED) is 0.416. The molecular formula is C26H32FN5O. The summed E-state index contributed by atoms with van der Waals surface area (Å²) in [5.74, 6) is 1.46. The van der Waals surface area contributed by atoms with E-state index in [9.17, 15) is 4.39 Å². The Labute approximate surface area is 194 Å². The van der Waals surface area contributed by atoms with Gasteiger partial charge in [-0.1, -0.05) is 42.5 Å². The van der Waals surface area contributed by atoms with Crippen LogP contribution in [-0.2, 0) is 16.7 Å². The van der Waals surface area contributed by atoms with Gasteiger partial charge < -0.3 is 19.9 Å². The molecule has 6 nitrogen and oxygen atoms in total. The van der Waals surface area contributed by atoms with Crippen LogP contribution in [0.25, 0.3) is 11.3 Å². The van der Waals surface area contributed by atoms with Crippen molar-refractivity contribution in [3.8, 4) is 11.3 Å². The normalized spacial score (nSPS) is 15.9. The summed E-state index contributed by atoms with van der Waals surface area (Å²) >= 11 is 0. The first-order valence-electron chi connectivity index (χ1n) is 11.5. The third-order valence-corrected chi connectivity index (χ3v) is 6.22. The van der Waals surface area contributed by atoms with Gasteiger partial charge in [-0.25, -0.2) is 9.37 Å². The molecule has 2 heterocycles. The predicted molar refractivity (Wildman–Crippen MR) is 130 cm³/mol.